The molecule has 4 rings (SSSR count). The zero-order chi connectivity index (χ0) is 23.7. The molecule has 1 aromatic heterocycles. The summed E-state index contributed by atoms with van der Waals surface area (Å²) in [5.74, 6) is 0.163. The van der Waals surface area contributed by atoms with Gasteiger partial charge >= 0.3 is 5.97 Å². The minimum atomic E-state index is -0.686. The Bertz CT molecular complexity index is 1440. The molecule has 1 aliphatic heterocycles. The number of nitrogens with zero attached hydrogens (tertiary/aromatic N) is 2. The topological polar surface area (TPSA) is 69.9 Å². The highest BCUT2D eigenvalue weighted by Gasteiger charge is 2.33. The van der Waals surface area contributed by atoms with Gasteiger partial charge in [-0.15, -0.1) is 0 Å². The quantitative estimate of drug-likeness (QED) is 0.492. The van der Waals surface area contributed by atoms with Gasteiger partial charge < -0.3 is 9.47 Å². The number of hydrogen-bond donors (Lipinski definition) is 0. The van der Waals surface area contributed by atoms with Gasteiger partial charge in [0, 0.05) is 10.0 Å². The fourth-order valence-corrected chi connectivity index (χ4v) is 5.15. The molecule has 2 aromatic carbocycles. The molecule has 0 amide bonds. The van der Waals surface area contributed by atoms with Crippen LogP contribution < -0.4 is 19.6 Å². The second kappa shape index (κ2) is 9.55. The summed E-state index contributed by atoms with van der Waals surface area (Å²) in [5, 5.41) is 0.941. The van der Waals surface area contributed by atoms with Gasteiger partial charge in [-0.1, -0.05) is 52.7 Å². The van der Waals surface area contributed by atoms with E-state index in [4.69, 9.17) is 32.7 Å². The van der Waals surface area contributed by atoms with Crippen molar-refractivity contribution in [1.82, 2.24) is 4.57 Å². The SMILES string of the molecule is CCOC(=O)C1=C(C)N=c2sc(=Cc3ccc(Cl)cc3Cl)c(=O)n2[C@H]1c1ccc(OC)cc1. The van der Waals surface area contributed by atoms with Crippen molar-refractivity contribution in [3.05, 3.63) is 94.6 Å². The number of fused-ring (bicyclic) bond motifs is 1. The number of rotatable bonds is 5. The monoisotopic (exact) mass is 502 g/mol. The lowest BCUT2D eigenvalue weighted by Crippen LogP contribution is -2.39. The zero-order valence-electron chi connectivity index (χ0n) is 18.1. The van der Waals surface area contributed by atoms with Gasteiger partial charge in [0.1, 0.15) is 5.75 Å². The number of thiazole rings is 1. The van der Waals surface area contributed by atoms with E-state index in [-0.39, 0.29) is 12.2 Å². The van der Waals surface area contributed by atoms with Crippen molar-refractivity contribution in [2.75, 3.05) is 13.7 Å². The molecule has 0 saturated carbocycles. The van der Waals surface area contributed by atoms with E-state index in [1.807, 2.05) is 12.1 Å². The van der Waals surface area contributed by atoms with E-state index in [9.17, 15) is 9.59 Å². The number of halogens is 2. The number of aromatic nitrogens is 1. The van der Waals surface area contributed by atoms with Crippen molar-refractivity contribution in [1.29, 1.82) is 0 Å². The van der Waals surface area contributed by atoms with Crippen LogP contribution in [0.5, 0.6) is 5.75 Å². The fourth-order valence-electron chi connectivity index (χ4n) is 3.65. The molecule has 0 fully saturated rings. The van der Waals surface area contributed by atoms with Crippen LogP contribution in [0.3, 0.4) is 0 Å². The number of ether oxygens (including phenoxy) is 2. The number of esters is 1. The molecule has 0 spiro atoms. The second-order valence-corrected chi connectivity index (χ2v) is 9.09. The summed E-state index contributed by atoms with van der Waals surface area (Å²) < 4.78 is 12.5. The van der Waals surface area contributed by atoms with Crippen LogP contribution in [0, 0.1) is 0 Å². The molecule has 0 saturated heterocycles. The Morgan fingerprint density at radius 2 is 1.94 bits per heavy atom. The minimum Gasteiger partial charge on any atom is -0.497 e. The van der Waals surface area contributed by atoms with Crippen LogP contribution in [0.1, 0.15) is 31.0 Å². The van der Waals surface area contributed by atoms with Crippen LogP contribution in [0.2, 0.25) is 10.0 Å². The van der Waals surface area contributed by atoms with Crippen molar-refractivity contribution in [2.45, 2.75) is 19.9 Å². The molecule has 9 heteroatoms. The first kappa shape index (κ1) is 23.3. The molecule has 0 unspecified atom stereocenters. The third-order valence-corrected chi connectivity index (χ3v) is 6.74. The maximum atomic E-state index is 13.5. The van der Waals surface area contributed by atoms with Crippen LogP contribution in [0.15, 0.2) is 63.5 Å². The Morgan fingerprint density at radius 3 is 2.58 bits per heavy atom. The van der Waals surface area contributed by atoms with E-state index in [0.29, 0.717) is 42.0 Å². The Balaban J connectivity index is 1.95. The second-order valence-electron chi connectivity index (χ2n) is 7.24. The van der Waals surface area contributed by atoms with E-state index in [2.05, 4.69) is 4.99 Å². The predicted octanol–water partition coefficient (Wildman–Crippen LogP) is 4.11. The Morgan fingerprint density at radius 1 is 1.21 bits per heavy atom. The lowest BCUT2D eigenvalue weighted by Gasteiger charge is -2.24. The largest absolute Gasteiger partial charge is 0.497 e. The number of allylic oxidation sites excluding steroid dienone is 1. The summed E-state index contributed by atoms with van der Waals surface area (Å²) in [4.78, 5) is 31.5. The molecule has 1 atom stereocenters. The molecular formula is C24H20Cl2N2O4S. The fraction of sp³-hybridized carbons (Fsp3) is 0.208. The van der Waals surface area contributed by atoms with Crippen molar-refractivity contribution < 1.29 is 14.3 Å². The van der Waals surface area contributed by atoms with E-state index in [0.717, 1.165) is 5.56 Å². The van der Waals surface area contributed by atoms with Crippen LogP contribution in [0.25, 0.3) is 6.08 Å². The summed E-state index contributed by atoms with van der Waals surface area (Å²) >= 11 is 13.5. The Labute approximate surface area is 204 Å². The van der Waals surface area contributed by atoms with Gasteiger partial charge in [-0.05, 0) is 55.3 Å². The molecule has 0 radical (unpaired) electrons. The molecule has 33 heavy (non-hydrogen) atoms. The molecule has 3 aromatic rings. The minimum absolute atomic E-state index is 0.213. The first-order valence-electron chi connectivity index (χ1n) is 10.1. The van der Waals surface area contributed by atoms with Crippen molar-refractivity contribution in [3.8, 4) is 5.75 Å². The van der Waals surface area contributed by atoms with E-state index in [1.54, 1.807) is 57.4 Å². The third-order valence-electron chi connectivity index (χ3n) is 5.20. The summed E-state index contributed by atoms with van der Waals surface area (Å²) in [6.45, 7) is 3.70. The average Bonchev–Trinajstić information content (AvgIpc) is 3.09. The molecule has 170 valence electrons. The van der Waals surface area contributed by atoms with Gasteiger partial charge in [0.2, 0.25) is 0 Å². The highest BCUT2D eigenvalue weighted by Crippen LogP contribution is 2.31. The molecule has 2 heterocycles. The molecule has 0 N–H and O–H groups in total. The van der Waals surface area contributed by atoms with Gasteiger partial charge in [0.25, 0.3) is 5.56 Å². The molecule has 0 aliphatic carbocycles. The van der Waals surface area contributed by atoms with E-state index < -0.39 is 12.0 Å². The van der Waals surface area contributed by atoms with Gasteiger partial charge in [0.05, 0.1) is 35.6 Å². The normalized spacial score (nSPS) is 15.8. The summed E-state index contributed by atoms with van der Waals surface area (Å²) in [7, 11) is 1.58. The van der Waals surface area contributed by atoms with Gasteiger partial charge in [-0.2, -0.15) is 0 Å². The van der Waals surface area contributed by atoms with Gasteiger partial charge in [-0.3, -0.25) is 9.36 Å². The highest BCUT2D eigenvalue weighted by atomic mass is 35.5. The number of benzene rings is 2. The highest BCUT2D eigenvalue weighted by molar-refractivity contribution is 7.07. The van der Waals surface area contributed by atoms with Gasteiger partial charge in [-0.25, -0.2) is 9.79 Å². The maximum Gasteiger partial charge on any atom is 0.338 e. The smallest absolute Gasteiger partial charge is 0.338 e. The van der Waals surface area contributed by atoms with Crippen LogP contribution in [-0.4, -0.2) is 24.3 Å². The van der Waals surface area contributed by atoms with E-state index >= 15 is 0 Å². The average molecular weight is 503 g/mol. The standard InChI is InChI=1S/C24H20Cl2N2O4S/c1-4-32-23(30)20-13(2)27-24-28(21(20)14-6-9-17(31-3)10-7-14)22(29)19(33-24)11-15-5-8-16(25)12-18(15)26/h5-12,21H,4H2,1-3H3/t21-/m0/s1. The zero-order valence-corrected chi connectivity index (χ0v) is 20.4. The summed E-state index contributed by atoms with van der Waals surface area (Å²) in [6.07, 6.45) is 1.71. The lowest BCUT2D eigenvalue weighted by atomic mass is 9.96. The van der Waals surface area contributed by atoms with Crippen LogP contribution >= 0.6 is 34.5 Å². The summed E-state index contributed by atoms with van der Waals surface area (Å²) in [5.41, 5.74) is 1.95. The van der Waals surface area contributed by atoms with Crippen molar-refractivity contribution in [3.63, 3.8) is 0 Å². The molecule has 1 aliphatic rings. The third kappa shape index (κ3) is 4.49. The number of hydrogen-bond acceptors (Lipinski definition) is 6. The van der Waals surface area contributed by atoms with Crippen LogP contribution in [-0.2, 0) is 9.53 Å². The maximum absolute atomic E-state index is 13.5. The first-order valence-corrected chi connectivity index (χ1v) is 11.7. The lowest BCUT2D eigenvalue weighted by molar-refractivity contribution is -0.139. The Hall–Kier alpha value is -2.87. The predicted molar refractivity (Wildman–Crippen MR) is 130 cm³/mol. The Kier molecular flexibility index (Phi) is 6.74. The first-order chi connectivity index (χ1) is 15.8. The number of methoxy groups -OCH3 is 1. The number of carbonyl (C=O) groups is 1. The van der Waals surface area contributed by atoms with Crippen LogP contribution in [0.4, 0.5) is 0 Å². The van der Waals surface area contributed by atoms with Crippen molar-refractivity contribution >= 4 is 46.6 Å². The van der Waals surface area contributed by atoms with Crippen molar-refractivity contribution in [2.24, 2.45) is 4.99 Å². The van der Waals surface area contributed by atoms with Gasteiger partial charge in [0.15, 0.2) is 4.80 Å². The van der Waals surface area contributed by atoms with E-state index in [1.165, 1.54) is 15.9 Å². The number of carbonyl (C=O) groups excluding carboxylic acids is 1. The summed E-state index contributed by atoms with van der Waals surface area (Å²) in [6, 6.07) is 11.6. The molecular weight excluding hydrogens is 483 g/mol. The molecule has 6 nitrogen and oxygen atoms in total. The molecule has 0 bridgehead atoms.